The monoisotopic (exact) mass is 426 g/mol. The lowest BCUT2D eigenvalue weighted by Crippen LogP contribution is -2.40. The van der Waals surface area contributed by atoms with Gasteiger partial charge in [0.25, 0.3) is 5.91 Å². The average Bonchev–Trinajstić information content (AvgIpc) is 2.78. The molecule has 0 radical (unpaired) electrons. The lowest BCUT2D eigenvalue weighted by atomic mass is 10.1. The highest BCUT2D eigenvalue weighted by atomic mass is 32.2. The average molecular weight is 426 g/mol. The molecule has 0 bridgehead atoms. The molecule has 30 heavy (non-hydrogen) atoms. The van der Waals surface area contributed by atoms with Crippen LogP contribution in [0, 0.1) is 0 Å². The number of amides is 1. The van der Waals surface area contributed by atoms with Crippen molar-refractivity contribution in [2.45, 2.75) is 11.4 Å². The van der Waals surface area contributed by atoms with Crippen LogP contribution >= 0.6 is 0 Å². The van der Waals surface area contributed by atoms with Gasteiger partial charge in [0, 0.05) is 19.6 Å². The van der Waals surface area contributed by atoms with Crippen LogP contribution in [-0.4, -0.2) is 50.0 Å². The Balaban J connectivity index is 1.44. The molecule has 0 unspecified atom stereocenters. The Labute approximate surface area is 174 Å². The minimum Gasteiger partial charge on any atom is -0.507 e. The van der Waals surface area contributed by atoms with Crippen molar-refractivity contribution in [3.8, 4) is 5.75 Å². The van der Waals surface area contributed by atoms with E-state index in [1.165, 1.54) is 4.31 Å². The van der Waals surface area contributed by atoms with E-state index in [-0.39, 0.29) is 22.8 Å². The van der Waals surface area contributed by atoms with Crippen molar-refractivity contribution in [3.63, 3.8) is 0 Å². The topological polar surface area (TPSA) is 95.9 Å². The Kier molecular flexibility index (Phi) is 5.72. The van der Waals surface area contributed by atoms with Crippen LogP contribution < -0.4 is 5.32 Å². The maximum atomic E-state index is 12.7. The fourth-order valence-electron chi connectivity index (χ4n) is 3.40. The van der Waals surface area contributed by atoms with E-state index in [1.807, 2.05) is 24.3 Å². The van der Waals surface area contributed by atoms with Gasteiger partial charge in [-0.05, 0) is 40.6 Å². The highest BCUT2D eigenvalue weighted by Crippen LogP contribution is 2.25. The first-order valence-electron chi connectivity index (χ1n) is 9.62. The predicted octanol–water partition coefficient (Wildman–Crippen LogP) is 2.50. The van der Waals surface area contributed by atoms with Gasteiger partial charge >= 0.3 is 0 Å². The molecule has 1 amide bonds. The highest BCUT2D eigenvalue weighted by Gasteiger charge is 2.26. The van der Waals surface area contributed by atoms with E-state index in [0.29, 0.717) is 26.3 Å². The minimum atomic E-state index is -3.55. The molecule has 156 valence electrons. The first-order valence-corrected chi connectivity index (χ1v) is 11.1. The summed E-state index contributed by atoms with van der Waals surface area (Å²) >= 11 is 0. The van der Waals surface area contributed by atoms with Gasteiger partial charge in [-0.1, -0.05) is 36.4 Å². The molecule has 1 aliphatic heterocycles. The van der Waals surface area contributed by atoms with Gasteiger partial charge in [-0.2, -0.15) is 4.31 Å². The van der Waals surface area contributed by atoms with E-state index in [0.717, 1.165) is 16.3 Å². The number of carbonyl (C=O) groups excluding carboxylic acids is 1. The Morgan fingerprint density at radius 1 is 1.00 bits per heavy atom. The molecule has 7 nitrogen and oxygen atoms in total. The molecule has 0 saturated carbocycles. The third-order valence-electron chi connectivity index (χ3n) is 5.09. The number of benzene rings is 3. The number of carbonyl (C=O) groups is 1. The lowest BCUT2D eigenvalue weighted by molar-refractivity contribution is 0.0730. The predicted molar refractivity (Wildman–Crippen MR) is 113 cm³/mol. The highest BCUT2D eigenvalue weighted by molar-refractivity contribution is 7.89. The summed E-state index contributed by atoms with van der Waals surface area (Å²) in [5.74, 6) is -0.485. The second-order valence-electron chi connectivity index (χ2n) is 7.06. The van der Waals surface area contributed by atoms with Crippen molar-refractivity contribution in [1.29, 1.82) is 0 Å². The number of ether oxygens (including phenoxy) is 1. The number of hydrogen-bond donors (Lipinski definition) is 2. The van der Waals surface area contributed by atoms with Gasteiger partial charge in [0.15, 0.2) is 0 Å². The van der Waals surface area contributed by atoms with Crippen molar-refractivity contribution in [1.82, 2.24) is 9.62 Å². The number of rotatable bonds is 5. The molecule has 3 aromatic carbocycles. The number of fused-ring (bicyclic) bond motifs is 1. The maximum absolute atomic E-state index is 12.7. The van der Waals surface area contributed by atoms with E-state index in [4.69, 9.17) is 4.74 Å². The summed E-state index contributed by atoms with van der Waals surface area (Å²) in [5, 5.41) is 14.7. The minimum absolute atomic E-state index is 0.0850. The van der Waals surface area contributed by atoms with Gasteiger partial charge in [-0.15, -0.1) is 0 Å². The smallest absolute Gasteiger partial charge is 0.255 e. The fraction of sp³-hybridized carbons (Fsp3) is 0.227. The van der Waals surface area contributed by atoms with Gasteiger partial charge in [-0.25, -0.2) is 8.42 Å². The molecule has 8 heteroatoms. The number of nitrogens with zero attached hydrogens (tertiary/aromatic N) is 1. The molecule has 0 spiro atoms. The van der Waals surface area contributed by atoms with Gasteiger partial charge < -0.3 is 15.2 Å². The third-order valence-corrected chi connectivity index (χ3v) is 7.01. The first-order chi connectivity index (χ1) is 14.4. The van der Waals surface area contributed by atoms with Crippen LogP contribution in [0.3, 0.4) is 0 Å². The van der Waals surface area contributed by atoms with E-state index < -0.39 is 15.9 Å². The van der Waals surface area contributed by atoms with Gasteiger partial charge in [0.2, 0.25) is 10.0 Å². The van der Waals surface area contributed by atoms with E-state index in [1.54, 1.807) is 36.4 Å². The lowest BCUT2D eigenvalue weighted by Gasteiger charge is -2.26. The number of phenols is 1. The van der Waals surface area contributed by atoms with E-state index in [9.17, 15) is 18.3 Å². The molecule has 0 aromatic heterocycles. The zero-order valence-electron chi connectivity index (χ0n) is 16.2. The Morgan fingerprint density at radius 2 is 1.63 bits per heavy atom. The molecule has 3 aromatic rings. The van der Waals surface area contributed by atoms with Crippen LogP contribution in [0.25, 0.3) is 10.8 Å². The Bertz CT molecular complexity index is 1170. The van der Waals surface area contributed by atoms with Crippen molar-refractivity contribution >= 4 is 26.7 Å². The number of hydrogen-bond acceptors (Lipinski definition) is 5. The van der Waals surface area contributed by atoms with Crippen molar-refractivity contribution in [3.05, 3.63) is 71.8 Å². The Hall–Kier alpha value is -2.94. The normalized spacial score (nSPS) is 15.2. The number of nitrogens with one attached hydrogen (secondary N) is 1. The van der Waals surface area contributed by atoms with Crippen molar-refractivity contribution in [2.75, 3.05) is 26.3 Å². The third kappa shape index (κ3) is 4.16. The van der Waals surface area contributed by atoms with Crippen LogP contribution in [-0.2, 0) is 21.3 Å². The largest absolute Gasteiger partial charge is 0.507 e. The van der Waals surface area contributed by atoms with E-state index in [2.05, 4.69) is 5.32 Å². The zero-order valence-corrected chi connectivity index (χ0v) is 17.1. The van der Waals surface area contributed by atoms with Gasteiger partial charge in [-0.3, -0.25) is 4.79 Å². The van der Waals surface area contributed by atoms with Crippen LogP contribution in [0.5, 0.6) is 5.75 Å². The van der Waals surface area contributed by atoms with Gasteiger partial charge in [0.1, 0.15) is 5.75 Å². The van der Waals surface area contributed by atoms with Crippen molar-refractivity contribution in [2.24, 2.45) is 0 Å². The van der Waals surface area contributed by atoms with Crippen LogP contribution in [0.15, 0.2) is 65.6 Å². The summed E-state index contributed by atoms with van der Waals surface area (Å²) in [4.78, 5) is 12.7. The number of phenolic OH excluding ortho intramolecular Hbond substituents is 1. The molecule has 1 heterocycles. The Morgan fingerprint density at radius 3 is 2.30 bits per heavy atom. The number of aromatic hydroxyl groups is 1. The molecule has 0 aliphatic carbocycles. The SMILES string of the molecule is O=C(NCc1ccc(S(=O)(=O)N2CCOCC2)cc1)c1cc2ccccc2cc1O. The summed E-state index contributed by atoms with van der Waals surface area (Å²) in [7, 11) is -3.55. The summed E-state index contributed by atoms with van der Waals surface area (Å²) < 4.78 is 32.0. The van der Waals surface area contributed by atoms with Gasteiger partial charge in [0.05, 0.1) is 23.7 Å². The molecule has 1 saturated heterocycles. The summed E-state index contributed by atoms with van der Waals surface area (Å²) in [6.07, 6.45) is 0. The standard InChI is InChI=1S/C22H22N2O5S/c25-21-14-18-4-2-1-3-17(18)13-20(21)22(26)23-15-16-5-7-19(8-6-16)30(27,28)24-9-11-29-12-10-24/h1-8,13-14,25H,9-12,15H2,(H,23,26). The number of morpholine rings is 1. The fourth-order valence-corrected chi connectivity index (χ4v) is 4.81. The van der Waals surface area contributed by atoms with Crippen molar-refractivity contribution < 1.29 is 23.1 Å². The molecule has 1 fully saturated rings. The van der Waals surface area contributed by atoms with Crippen LogP contribution in [0.1, 0.15) is 15.9 Å². The zero-order chi connectivity index (χ0) is 21.1. The first kappa shape index (κ1) is 20.3. The summed E-state index contributed by atoms with van der Waals surface area (Å²) in [6, 6.07) is 17.1. The second-order valence-corrected chi connectivity index (χ2v) is 9.00. The molecular formula is C22H22N2O5S. The quantitative estimate of drug-likeness (QED) is 0.654. The maximum Gasteiger partial charge on any atom is 0.255 e. The second kappa shape index (κ2) is 8.43. The molecular weight excluding hydrogens is 404 g/mol. The molecule has 0 atom stereocenters. The number of sulfonamides is 1. The summed E-state index contributed by atoms with van der Waals surface area (Å²) in [5.41, 5.74) is 0.949. The summed E-state index contributed by atoms with van der Waals surface area (Å²) in [6.45, 7) is 1.68. The van der Waals surface area contributed by atoms with Crippen LogP contribution in [0.2, 0.25) is 0 Å². The van der Waals surface area contributed by atoms with E-state index >= 15 is 0 Å². The molecule has 2 N–H and O–H groups in total. The molecule has 4 rings (SSSR count). The van der Waals surface area contributed by atoms with Crippen LogP contribution in [0.4, 0.5) is 0 Å². The molecule has 1 aliphatic rings.